The number of hydrogen-bond donors (Lipinski definition) is 1. The lowest BCUT2D eigenvalue weighted by Crippen LogP contribution is -2.48. The molecule has 2 fully saturated rings. The van der Waals surface area contributed by atoms with E-state index in [0.29, 0.717) is 42.9 Å². The van der Waals surface area contributed by atoms with Crippen molar-refractivity contribution in [2.24, 2.45) is 10.8 Å². The second-order valence-corrected chi connectivity index (χ2v) is 10.8. The Morgan fingerprint density at radius 1 is 1.11 bits per heavy atom. The van der Waals surface area contributed by atoms with Crippen molar-refractivity contribution in [3.8, 4) is 5.75 Å². The van der Waals surface area contributed by atoms with Gasteiger partial charge < -0.3 is 19.6 Å². The van der Waals surface area contributed by atoms with E-state index in [4.69, 9.17) is 4.74 Å². The van der Waals surface area contributed by atoms with E-state index in [1.807, 2.05) is 0 Å². The first-order valence-corrected chi connectivity index (χ1v) is 10.9. The Morgan fingerprint density at radius 2 is 1.68 bits per heavy atom. The second-order valence-electron chi connectivity index (χ2n) is 9.91. The highest BCUT2D eigenvalue weighted by atomic mass is 79.9. The number of hydrogen-bond acceptors (Lipinski definition) is 3. The van der Waals surface area contributed by atoms with Gasteiger partial charge in [-0.3, -0.25) is 0 Å². The van der Waals surface area contributed by atoms with E-state index in [1.54, 1.807) is 7.11 Å². The van der Waals surface area contributed by atoms with Crippen molar-refractivity contribution in [2.45, 2.75) is 52.9 Å². The van der Waals surface area contributed by atoms with Crippen LogP contribution in [0.15, 0.2) is 16.6 Å². The molecule has 0 radical (unpaired) electrons. The van der Waals surface area contributed by atoms with Gasteiger partial charge in [-0.2, -0.15) is 0 Å². The predicted octanol–water partition coefficient (Wildman–Crippen LogP) is 5.58. The Kier molecular flexibility index (Phi) is 5.91. The number of methoxy groups -OCH3 is 1. The number of benzene rings is 1. The van der Waals surface area contributed by atoms with Crippen molar-refractivity contribution in [1.29, 1.82) is 0 Å². The molecule has 3 rings (SSSR count). The summed E-state index contributed by atoms with van der Waals surface area (Å²) in [5, 5.41) is 9.27. The highest BCUT2D eigenvalue weighted by molar-refractivity contribution is 9.10. The zero-order valence-corrected chi connectivity index (χ0v) is 19.3. The molecule has 156 valence electrons. The number of nitrogens with zero attached hydrogens (tertiary/aromatic N) is 2. The summed E-state index contributed by atoms with van der Waals surface area (Å²) in [4.78, 5) is 15.1. The maximum Gasteiger partial charge on any atom is 0.407 e. The molecule has 0 unspecified atom stereocenters. The summed E-state index contributed by atoms with van der Waals surface area (Å²) in [7, 11) is 1.69. The Bertz CT molecular complexity index is 724. The van der Waals surface area contributed by atoms with E-state index >= 15 is 0 Å². The van der Waals surface area contributed by atoms with Gasteiger partial charge in [-0.1, -0.05) is 27.7 Å². The third kappa shape index (κ3) is 4.58. The Balaban J connectivity index is 1.97. The van der Waals surface area contributed by atoms with E-state index in [-0.39, 0.29) is 0 Å². The van der Waals surface area contributed by atoms with Crippen LogP contribution in [0.4, 0.5) is 10.5 Å². The molecule has 1 N–H and O–H groups in total. The lowest BCUT2D eigenvalue weighted by Gasteiger charge is -2.46. The van der Waals surface area contributed by atoms with Crippen molar-refractivity contribution >= 4 is 27.7 Å². The summed E-state index contributed by atoms with van der Waals surface area (Å²) < 4.78 is 6.57. The van der Waals surface area contributed by atoms with Crippen LogP contribution in [0.3, 0.4) is 0 Å². The third-order valence-electron chi connectivity index (χ3n) is 6.19. The number of carboxylic acid groups (broad SMARTS) is 1. The van der Waals surface area contributed by atoms with Gasteiger partial charge in [0.2, 0.25) is 0 Å². The van der Waals surface area contributed by atoms with E-state index in [2.05, 4.69) is 60.7 Å². The molecule has 2 aliphatic rings. The van der Waals surface area contributed by atoms with Crippen LogP contribution in [0.2, 0.25) is 0 Å². The first kappa shape index (κ1) is 21.3. The van der Waals surface area contributed by atoms with Crippen molar-refractivity contribution in [3.63, 3.8) is 0 Å². The van der Waals surface area contributed by atoms with E-state index < -0.39 is 6.09 Å². The fourth-order valence-electron chi connectivity index (χ4n) is 5.52. The molecule has 1 aliphatic heterocycles. The predicted molar refractivity (Wildman–Crippen MR) is 117 cm³/mol. The molecule has 0 atom stereocenters. The SMILES string of the molecule is COc1cc(N2CCN(C(=O)O)CC2)c(C2CC(C)(C)CC(C)(C)C2)cc1Br. The van der Waals surface area contributed by atoms with Crippen LogP contribution in [0.5, 0.6) is 5.75 Å². The van der Waals surface area contributed by atoms with Crippen LogP contribution in [-0.4, -0.2) is 49.4 Å². The smallest absolute Gasteiger partial charge is 0.407 e. The number of ether oxygens (including phenoxy) is 1. The van der Waals surface area contributed by atoms with Gasteiger partial charge in [-0.25, -0.2) is 4.79 Å². The van der Waals surface area contributed by atoms with E-state index in [9.17, 15) is 9.90 Å². The van der Waals surface area contributed by atoms with Crippen molar-refractivity contribution in [2.75, 3.05) is 38.2 Å². The maximum atomic E-state index is 11.3. The number of carbonyl (C=O) groups is 1. The quantitative estimate of drug-likeness (QED) is 0.650. The topological polar surface area (TPSA) is 53.0 Å². The lowest BCUT2D eigenvalue weighted by atomic mass is 9.60. The number of halogens is 1. The van der Waals surface area contributed by atoms with Gasteiger partial charge in [0.05, 0.1) is 11.6 Å². The summed E-state index contributed by atoms with van der Waals surface area (Å²) >= 11 is 3.69. The zero-order chi connectivity index (χ0) is 20.7. The number of piperazine rings is 1. The molecule has 1 heterocycles. The summed E-state index contributed by atoms with van der Waals surface area (Å²) in [5.41, 5.74) is 3.16. The average molecular weight is 453 g/mol. The number of rotatable bonds is 3. The molecular weight excluding hydrogens is 420 g/mol. The van der Waals surface area contributed by atoms with Crippen LogP contribution >= 0.6 is 15.9 Å². The summed E-state index contributed by atoms with van der Waals surface area (Å²) in [6, 6.07) is 4.37. The Morgan fingerprint density at radius 3 is 2.18 bits per heavy atom. The summed E-state index contributed by atoms with van der Waals surface area (Å²) in [6.45, 7) is 12.0. The summed E-state index contributed by atoms with van der Waals surface area (Å²) in [5.74, 6) is 1.31. The second kappa shape index (κ2) is 7.77. The molecule has 0 spiro atoms. The highest BCUT2D eigenvalue weighted by Gasteiger charge is 2.40. The van der Waals surface area contributed by atoms with Gasteiger partial charge in [-0.15, -0.1) is 0 Å². The van der Waals surface area contributed by atoms with Gasteiger partial charge in [-0.05, 0) is 63.6 Å². The van der Waals surface area contributed by atoms with E-state index in [0.717, 1.165) is 23.1 Å². The minimum Gasteiger partial charge on any atom is -0.495 e. The van der Waals surface area contributed by atoms with Crippen LogP contribution in [0.1, 0.15) is 58.4 Å². The third-order valence-corrected chi connectivity index (χ3v) is 6.81. The minimum atomic E-state index is -0.830. The fraction of sp³-hybridized carbons (Fsp3) is 0.682. The van der Waals surface area contributed by atoms with Crippen molar-refractivity contribution in [3.05, 3.63) is 22.2 Å². The first-order valence-electron chi connectivity index (χ1n) is 10.1. The lowest BCUT2D eigenvalue weighted by molar-refractivity contribution is 0.0969. The molecule has 0 bridgehead atoms. The standard InChI is InChI=1S/C22H33BrN2O3/c1-21(2)12-15(13-22(3,4)14-21)16-10-17(23)19(28-5)11-18(16)24-6-8-25(9-7-24)20(26)27/h10-11,15H,6-9,12-14H2,1-5H3,(H,26,27). The van der Waals surface area contributed by atoms with Crippen LogP contribution in [0, 0.1) is 10.8 Å². The monoisotopic (exact) mass is 452 g/mol. The van der Waals surface area contributed by atoms with Gasteiger partial charge in [0.15, 0.2) is 0 Å². The molecule has 0 aromatic heterocycles. The van der Waals surface area contributed by atoms with Crippen molar-refractivity contribution in [1.82, 2.24) is 4.90 Å². The molecule has 1 saturated carbocycles. The molecule has 1 amide bonds. The average Bonchev–Trinajstić information content (AvgIpc) is 2.59. The van der Waals surface area contributed by atoms with Crippen molar-refractivity contribution < 1.29 is 14.6 Å². The highest BCUT2D eigenvalue weighted by Crippen LogP contribution is 2.54. The van der Waals surface area contributed by atoms with Crippen LogP contribution in [0.25, 0.3) is 0 Å². The normalized spacial score (nSPS) is 22.2. The Labute approximate surface area is 177 Å². The van der Waals surface area contributed by atoms with Crippen LogP contribution in [-0.2, 0) is 0 Å². The molecule has 5 nitrogen and oxygen atoms in total. The van der Waals surface area contributed by atoms with Crippen LogP contribution < -0.4 is 9.64 Å². The number of amides is 1. The first-order chi connectivity index (χ1) is 13.0. The van der Waals surface area contributed by atoms with E-state index in [1.165, 1.54) is 22.6 Å². The number of anilines is 1. The Hall–Kier alpha value is -1.43. The van der Waals surface area contributed by atoms with Gasteiger partial charge in [0.25, 0.3) is 0 Å². The summed E-state index contributed by atoms with van der Waals surface area (Å²) in [6.07, 6.45) is 2.73. The minimum absolute atomic E-state index is 0.304. The molecule has 1 aliphatic carbocycles. The molecular formula is C22H33BrN2O3. The van der Waals surface area contributed by atoms with Gasteiger partial charge >= 0.3 is 6.09 Å². The molecule has 1 aromatic rings. The van der Waals surface area contributed by atoms with Gasteiger partial charge in [0, 0.05) is 37.9 Å². The van der Waals surface area contributed by atoms with Gasteiger partial charge in [0.1, 0.15) is 5.75 Å². The molecule has 6 heteroatoms. The molecule has 1 aromatic carbocycles. The fourth-order valence-corrected chi connectivity index (χ4v) is 6.04. The molecule has 28 heavy (non-hydrogen) atoms. The zero-order valence-electron chi connectivity index (χ0n) is 17.7. The molecule has 1 saturated heterocycles. The largest absolute Gasteiger partial charge is 0.495 e. The maximum absolute atomic E-state index is 11.3.